The van der Waals surface area contributed by atoms with Gasteiger partial charge in [-0.15, -0.1) is 11.8 Å². The van der Waals surface area contributed by atoms with Crippen LogP contribution in [0.25, 0.3) is 22.0 Å². The van der Waals surface area contributed by atoms with E-state index in [4.69, 9.17) is 5.14 Å². The summed E-state index contributed by atoms with van der Waals surface area (Å²) in [7, 11) is -3.92. The van der Waals surface area contributed by atoms with Crippen molar-refractivity contribution in [2.45, 2.75) is 47.6 Å². The molecule has 2 fully saturated rings. The molecular weight excluding hydrogens is 460 g/mol. The molecule has 3 aromatic rings. The molecule has 5 rings (SSSR count). The summed E-state index contributed by atoms with van der Waals surface area (Å²) in [6.45, 7) is 1.87. The molecule has 1 saturated carbocycles. The van der Waals surface area contributed by atoms with Crippen molar-refractivity contribution in [1.82, 2.24) is 15.4 Å². The number of fused-ring (bicyclic) bond motifs is 1. The van der Waals surface area contributed by atoms with E-state index >= 15 is 0 Å². The molecule has 2 aromatic carbocycles. The van der Waals surface area contributed by atoms with E-state index in [1.807, 2.05) is 37.3 Å². The van der Waals surface area contributed by atoms with Crippen molar-refractivity contribution < 1.29 is 18.0 Å². The van der Waals surface area contributed by atoms with Gasteiger partial charge in [-0.2, -0.15) is 0 Å². The van der Waals surface area contributed by atoms with Gasteiger partial charge in [-0.25, -0.2) is 18.6 Å². The fourth-order valence-electron chi connectivity index (χ4n) is 4.82. The number of nitrogens with zero attached hydrogens (tertiary/aromatic N) is 1. The van der Waals surface area contributed by atoms with Gasteiger partial charge in [0.2, 0.25) is 10.0 Å². The van der Waals surface area contributed by atoms with Crippen LogP contribution in [0.3, 0.4) is 0 Å². The molecule has 2 heterocycles. The number of hydrazine groups is 1. The minimum Gasteiger partial charge on any atom is -0.350 e. The number of amides is 2. The van der Waals surface area contributed by atoms with Crippen molar-refractivity contribution in [3.63, 3.8) is 0 Å². The van der Waals surface area contributed by atoms with Crippen LogP contribution in [0.15, 0.2) is 53.4 Å². The van der Waals surface area contributed by atoms with Crippen molar-refractivity contribution in [2.24, 2.45) is 5.14 Å². The molecule has 1 aliphatic heterocycles. The van der Waals surface area contributed by atoms with E-state index in [9.17, 15) is 18.0 Å². The highest BCUT2D eigenvalue weighted by atomic mass is 32.2. The second kappa shape index (κ2) is 7.89. The number of carbonyl (C=O) groups excluding carboxylic acids is 2. The number of rotatable bonds is 4. The second-order valence-corrected chi connectivity index (χ2v) is 11.8. The summed E-state index contributed by atoms with van der Waals surface area (Å²) in [6.07, 6.45) is 3.70. The number of primary sulfonamides is 1. The molecule has 2 aliphatic rings. The van der Waals surface area contributed by atoms with E-state index < -0.39 is 20.8 Å². The lowest BCUT2D eigenvalue weighted by atomic mass is 10.0. The van der Waals surface area contributed by atoms with E-state index in [-0.39, 0.29) is 21.7 Å². The van der Waals surface area contributed by atoms with Crippen LogP contribution in [0.4, 0.5) is 0 Å². The maximum Gasteiger partial charge on any atom is 0.286 e. The van der Waals surface area contributed by atoms with Gasteiger partial charge in [0.05, 0.1) is 10.1 Å². The summed E-state index contributed by atoms with van der Waals surface area (Å²) in [6, 6.07) is 13.7. The predicted molar refractivity (Wildman–Crippen MR) is 128 cm³/mol. The van der Waals surface area contributed by atoms with Crippen LogP contribution in [0.2, 0.25) is 0 Å². The Hall–Kier alpha value is -2.82. The van der Waals surface area contributed by atoms with E-state index in [1.54, 1.807) is 17.8 Å². The largest absolute Gasteiger partial charge is 0.350 e. The third-order valence-electron chi connectivity index (χ3n) is 6.36. The van der Waals surface area contributed by atoms with Crippen LogP contribution < -0.4 is 10.6 Å². The molecule has 0 bridgehead atoms. The fourth-order valence-corrected chi connectivity index (χ4v) is 6.99. The molecule has 1 aliphatic carbocycles. The van der Waals surface area contributed by atoms with Gasteiger partial charge in [0.15, 0.2) is 0 Å². The highest BCUT2D eigenvalue weighted by Gasteiger charge is 2.52. The monoisotopic (exact) mass is 484 g/mol. The minimum absolute atomic E-state index is 0.0389. The number of sulfonamides is 1. The van der Waals surface area contributed by atoms with Crippen LogP contribution in [0, 0.1) is 0 Å². The maximum atomic E-state index is 13.6. The van der Waals surface area contributed by atoms with Crippen molar-refractivity contribution in [2.75, 3.05) is 0 Å². The molecule has 2 amide bonds. The average molecular weight is 485 g/mol. The number of nitrogens with one attached hydrogen (secondary N) is 2. The second-order valence-electron chi connectivity index (χ2n) is 8.52. The summed E-state index contributed by atoms with van der Waals surface area (Å²) >= 11 is 1.61. The van der Waals surface area contributed by atoms with Gasteiger partial charge in [-0.1, -0.05) is 43.2 Å². The quantitative estimate of drug-likeness (QED) is 0.524. The van der Waals surface area contributed by atoms with E-state index in [0.29, 0.717) is 16.5 Å². The standard InChI is InChI=1S/C23H24N4O4S2/c1-14-22(29)27(23(32-14)11-5-6-12-23)26-21(28)20-19(15-7-3-2-4-8-15)17-13-16(33(24,30)31)9-10-18(17)25-20/h2-4,7-10,13-14,25H,5-6,11-12H2,1H3,(H,26,28)(H2,24,30,31). The summed E-state index contributed by atoms with van der Waals surface area (Å²) in [5, 5.41) is 7.20. The number of aromatic nitrogens is 1. The Morgan fingerprint density at radius 1 is 1.18 bits per heavy atom. The van der Waals surface area contributed by atoms with Crippen LogP contribution in [-0.4, -0.2) is 40.3 Å². The summed E-state index contributed by atoms with van der Waals surface area (Å²) in [4.78, 5) is 29.1. The molecule has 8 nitrogen and oxygen atoms in total. The number of H-pyrrole nitrogens is 1. The first-order chi connectivity index (χ1) is 15.7. The Balaban J connectivity index is 1.61. The highest BCUT2D eigenvalue weighted by Crippen LogP contribution is 2.50. The topological polar surface area (TPSA) is 125 Å². The van der Waals surface area contributed by atoms with Crippen molar-refractivity contribution in [3.05, 3.63) is 54.2 Å². The van der Waals surface area contributed by atoms with Gasteiger partial charge in [0.1, 0.15) is 10.6 Å². The first kappa shape index (κ1) is 22.0. The number of hydrogen-bond acceptors (Lipinski definition) is 5. The molecule has 33 heavy (non-hydrogen) atoms. The van der Waals surface area contributed by atoms with E-state index in [0.717, 1.165) is 31.2 Å². The van der Waals surface area contributed by atoms with Gasteiger partial charge >= 0.3 is 0 Å². The molecule has 4 N–H and O–H groups in total. The molecule has 1 aromatic heterocycles. The summed E-state index contributed by atoms with van der Waals surface area (Å²) < 4.78 is 23.9. The van der Waals surface area contributed by atoms with Crippen molar-refractivity contribution >= 4 is 44.5 Å². The molecule has 1 atom stereocenters. The van der Waals surface area contributed by atoms with Crippen molar-refractivity contribution in [1.29, 1.82) is 0 Å². The molecular formula is C23H24N4O4S2. The lowest BCUT2D eigenvalue weighted by molar-refractivity contribution is -0.134. The number of aromatic amines is 1. The van der Waals surface area contributed by atoms with Crippen molar-refractivity contribution in [3.8, 4) is 11.1 Å². The lowest BCUT2D eigenvalue weighted by Crippen LogP contribution is -2.53. The summed E-state index contributed by atoms with van der Waals surface area (Å²) in [5.74, 6) is -0.555. The number of hydrogen-bond donors (Lipinski definition) is 3. The Morgan fingerprint density at radius 3 is 2.55 bits per heavy atom. The van der Waals surface area contributed by atoms with Crippen LogP contribution >= 0.6 is 11.8 Å². The molecule has 0 radical (unpaired) electrons. The van der Waals surface area contributed by atoms with Gasteiger partial charge in [0.25, 0.3) is 11.8 Å². The lowest BCUT2D eigenvalue weighted by Gasteiger charge is -2.33. The zero-order chi connectivity index (χ0) is 23.4. The predicted octanol–water partition coefficient (Wildman–Crippen LogP) is 3.36. The third-order valence-corrected chi connectivity index (χ3v) is 8.85. The van der Waals surface area contributed by atoms with Crippen LogP contribution in [0.5, 0.6) is 0 Å². The Morgan fingerprint density at radius 2 is 1.88 bits per heavy atom. The fraction of sp³-hybridized carbons (Fsp3) is 0.304. The normalized spacial score (nSPS) is 20.1. The molecule has 10 heteroatoms. The van der Waals surface area contributed by atoms with Gasteiger partial charge in [-0.05, 0) is 43.5 Å². The Labute approximate surface area is 195 Å². The Kier molecular flexibility index (Phi) is 5.26. The van der Waals surface area contributed by atoms with Gasteiger partial charge in [-0.3, -0.25) is 15.0 Å². The highest BCUT2D eigenvalue weighted by molar-refractivity contribution is 8.02. The summed E-state index contributed by atoms with van der Waals surface area (Å²) in [5.41, 5.74) is 5.03. The van der Waals surface area contributed by atoms with E-state index in [1.165, 1.54) is 17.1 Å². The number of benzene rings is 2. The maximum absolute atomic E-state index is 13.6. The first-order valence-corrected chi connectivity index (χ1v) is 13.2. The molecule has 1 spiro atoms. The SMILES string of the molecule is CC1SC2(CCCC2)N(NC(=O)c2[nH]c3ccc(S(N)(=O)=O)cc3c2-c2ccccc2)C1=O. The third kappa shape index (κ3) is 3.71. The Bertz CT molecular complexity index is 1360. The number of nitrogens with two attached hydrogens (primary N) is 1. The first-order valence-electron chi connectivity index (χ1n) is 10.8. The van der Waals surface area contributed by atoms with Crippen LogP contribution in [0.1, 0.15) is 43.1 Å². The van der Waals surface area contributed by atoms with E-state index in [2.05, 4.69) is 10.4 Å². The smallest absolute Gasteiger partial charge is 0.286 e. The van der Waals surface area contributed by atoms with Gasteiger partial charge < -0.3 is 4.98 Å². The number of thioether (sulfide) groups is 1. The molecule has 1 unspecified atom stereocenters. The van der Waals surface area contributed by atoms with Gasteiger partial charge in [0, 0.05) is 16.5 Å². The molecule has 1 saturated heterocycles. The number of carbonyl (C=O) groups is 2. The minimum atomic E-state index is -3.92. The zero-order valence-corrected chi connectivity index (χ0v) is 19.6. The van der Waals surface area contributed by atoms with Crippen LogP contribution in [-0.2, 0) is 14.8 Å². The molecule has 172 valence electrons. The zero-order valence-electron chi connectivity index (χ0n) is 18.0. The average Bonchev–Trinajstić information content (AvgIpc) is 3.46.